The van der Waals surface area contributed by atoms with Gasteiger partial charge in [0.25, 0.3) is 0 Å². The first-order valence-electron chi connectivity index (χ1n) is 5.95. The first-order valence-corrected chi connectivity index (χ1v) is 5.95. The first-order chi connectivity index (χ1) is 7.81. The van der Waals surface area contributed by atoms with Crippen LogP contribution in [0.1, 0.15) is 26.2 Å². The number of hydrogen-bond donors (Lipinski definition) is 1. The summed E-state index contributed by atoms with van der Waals surface area (Å²) < 4.78 is 11.4. The minimum atomic E-state index is 0. The zero-order valence-electron chi connectivity index (χ0n) is 10.1. The monoisotopic (exact) mass is 257 g/mol. The van der Waals surface area contributed by atoms with Crippen LogP contribution < -0.4 is 15.2 Å². The molecule has 17 heavy (non-hydrogen) atoms. The Morgan fingerprint density at radius 3 is 2.53 bits per heavy atom. The molecule has 0 heterocycles. The van der Waals surface area contributed by atoms with Crippen LogP contribution in [0.2, 0.25) is 0 Å². The maximum absolute atomic E-state index is 5.99. The second-order valence-corrected chi connectivity index (χ2v) is 4.13. The lowest BCUT2D eigenvalue weighted by Gasteiger charge is -2.19. The van der Waals surface area contributed by atoms with E-state index in [9.17, 15) is 0 Å². The lowest BCUT2D eigenvalue weighted by atomic mass is 10.2. The molecule has 96 valence electrons. The molecule has 1 aromatic rings. The third kappa shape index (κ3) is 3.51. The van der Waals surface area contributed by atoms with E-state index in [1.807, 2.05) is 31.2 Å². The number of ether oxygens (including phenoxy) is 2. The summed E-state index contributed by atoms with van der Waals surface area (Å²) in [7, 11) is 0. The minimum Gasteiger partial charge on any atom is -0.490 e. The third-order valence-electron chi connectivity index (χ3n) is 2.93. The minimum absolute atomic E-state index is 0. The van der Waals surface area contributed by atoms with E-state index in [0.29, 0.717) is 6.61 Å². The summed E-state index contributed by atoms with van der Waals surface area (Å²) in [6, 6.07) is 7.94. The van der Waals surface area contributed by atoms with Crippen molar-refractivity contribution >= 4 is 12.4 Å². The van der Waals surface area contributed by atoms with E-state index >= 15 is 0 Å². The van der Waals surface area contributed by atoms with E-state index in [1.54, 1.807) is 0 Å². The fraction of sp³-hybridized carbons (Fsp3) is 0.538. The van der Waals surface area contributed by atoms with Crippen molar-refractivity contribution in [3.05, 3.63) is 24.3 Å². The summed E-state index contributed by atoms with van der Waals surface area (Å²) in [6.07, 6.45) is 3.40. The van der Waals surface area contributed by atoms with Crippen molar-refractivity contribution in [3.8, 4) is 11.5 Å². The second-order valence-electron chi connectivity index (χ2n) is 4.13. The third-order valence-corrected chi connectivity index (χ3v) is 2.93. The van der Waals surface area contributed by atoms with E-state index in [1.165, 1.54) is 0 Å². The van der Waals surface area contributed by atoms with Crippen LogP contribution in [0.15, 0.2) is 24.3 Å². The summed E-state index contributed by atoms with van der Waals surface area (Å²) in [6.45, 7) is 2.62. The van der Waals surface area contributed by atoms with E-state index in [-0.39, 0.29) is 24.6 Å². The SMILES string of the molecule is CCOc1ccccc1OC1CCCC1N.Cl. The van der Waals surface area contributed by atoms with Crippen LogP contribution in [-0.4, -0.2) is 18.8 Å². The van der Waals surface area contributed by atoms with Gasteiger partial charge in [-0.25, -0.2) is 0 Å². The molecule has 4 heteroatoms. The standard InChI is InChI=1S/C13H19NO2.ClH/c1-2-15-12-7-3-4-8-13(12)16-11-9-5-6-10(11)14;/h3-4,7-8,10-11H,2,5-6,9,14H2,1H3;1H. The van der Waals surface area contributed by atoms with Crippen LogP contribution in [0.5, 0.6) is 11.5 Å². The van der Waals surface area contributed by atoms with Gasteiger partial charge in [0.05, 0.1) is 6.61 Å². The van der Waals surface area contributed by atoms with Crippen molar-refractivity contribution in [2.24, 2.45) is 5.73 Å². The lowest BCUT2D eigenvalue weighted by molar-refractivity contribution is 0.181. The summed E-state index contributed by atoms with van der Waals surface area (Å²) in [5.74, 6) is 1.62. The van der Waals surface area contributed by atoms with Gasteiger partial charge in [0.1, 0.15) is 6.10 Å². The van der Waals surface area contributed by atoms with E-state index in [2.05, 4.69) is 0 Å². The molecular formula is C13H20ClNO2. The van der Waals surface area contributed by atoms with Gasteiger partial charge < -0.3 is 15.2 Å². The number of halogens is 1. The van der Waals surface area contributed by atoms with Crippen LogP contribution in [0.4, 0.5) is 0 Å². The maximum atomic E-state index is 5.99. The van der Waals surface area contributed by atoms with Crippen molar-refractivity contribution in [1.29, 1.82) is 0 Å². The van der Waals surface area contributed by atoms with Crippen molar-refractivity contribution in [2.75, 3.05) is 6.61 Å². The Labute approximate surface area is 109 Å². The number of para-hydroxylation sites is 2. The van der Waals surface area contributed by atoms with Gasteiger partial charge in [-0.3, -0.25) is 0 Å². The normalized spacial score (nSPS) is 22.9. The fourth-order valence-corrected chi connectivity index (χ4v) is 2.09. The molecule has 0 saturated heterocycles. The molecule has 0 aromatic heterocycles. The van der Waals surface area contributed by atoms with E-state index in [4.69, 9.17) is 15.2 Å². The topological polar surface area (TPSA) is 44.5 Å². The fourth-order valence-electron chi connectivity index (χ4n) is 2.09. The maximum Gasteiger partial charge on any atom is 0.161 e. The summed E-state index contributed by atoms with van der Waals surface area (Å²) >= 11 is 0. The van der Waals surface area contributed by atoms with Crippen molar-refractivity contribution < 1.29 is 9.47 Å². The Bertz CT molecular complexity index is 346. The number of benzene rings is 1. The molecule has 2 rings (SSSR count). The summed E-state index contributed by atoms with van der Waals surface area (Å²) in [4.78, 5) is 0. The molecule has 1 aliphatic rings. The highest BCUT2D eigenvalue weighted by molar-refractivity contribution is 5.85. The molecule has 2 N–H and O–H groups in total. The number of hydrogen-bond acceptors (Lipinski definition) is 3. The summed E-state index contributed by atoms with van der Waals surface area (Å²) in [5, 5.41) is 0. The molecule has 0 aliphatic heterocycles. The molecular weight excluding hydrogens is 238 g/mol. The van der Waals surface area contributed by atoms with Gasteiger partial charge in [0.2, 0.25) is 0 Å². The zero-order chi connectivity index (χ0) is 11.4. The van der Waals surface area contributed by atoms with Gasteiger partial charge in [-0.05, 0) is 38.3 Å². The van der Waals surface area contributed by atoms with E-state index in [0.717, 1.165) is 30.8 Å². The van der Waals surface area contributed by atoms with Gasteiger partial charge in [-0.1, -0.05) is 12.1 Å². The smallest absolute Gasteiger partial charge is 0.161 e. The van der Waals surface area contributed by atoms with Crippen LogP contribution in [-0.2, 0) is 0 Å². The Morgan fingerprint density at radius 1 is 1.24 bits per heavy atom. The predicted octanol–water partition coefficient (Wildman–Crippen LogP) is 2.77. The molecule has 2 atom stereocenters. The van der Waals surface area contributed by atoms with Gasteiger partial charge >= 0.3 is 0 Å². The number of rotatable bonds is 4. The Hall–Kier alpha value is -0.930. The quantitative estimate of drug-likeness (QED) is 0.902. The van der Waals surface area contributed by atoms with Crippen molar-refractivity contribution in [3.63, 3.8) is 0 Å². The average molecular weight is 258 g/mol. The summed E-state index contributed by atoms with van der Waals surface area (Å²) in [5.41, 5.74) is 5.99. The average Bonchev–Trinajstić information content (AvgIpc) is 2.68. The van der Waals surface area contributed by atoms with Gasteiger partial charge in [0, 0.05) is 6.04 Å². The highest BCUT2D eigenvalue weighted by Gasteiger charge is 2.26. The first kappa shape index (κ1) is 14.1. The van der Waals surface area contributed by atoms with Crippen molar-refractivity contribution in [2.45, 2.75) is 38.3 Å². The highest BCUT2D eigenvalue weighted by atomic mass is 35.5. The Kier molecular flexibility index (Phi) is 5.59. The van der Waals surface area contributed by atoms with Gasteiger partial charge in [-0.15, -0.1) is 12.4 Å². The van der Waals surface area contributed by atoms with Crippen molar-refractivity contribution in [1.82, 2.24) is 0 Å². The largest absolute Gasteiger partial charge is 0.490 e. The van der Waals surface area contributed by atoms with Gasteiger partial charge in [0.15, 0.2) is 11.5 Å². The van der Waals surface area contributed by atoms with Gasteiger partial charge in [-0.2, -0.15) is 0 Å². The molecule has 2 unspecified atom stereocenters. The second kappa shape index (κ2) is 6.72. The van der Waals surface area contributed by atoms with Crippen LogP contribution in [0.3, 0.4) is 0 Å². The zero-order valence-corrected chi connectivity index (χ0v) is 10.9. The highest BCUT2D eigenvalue weighted by Crippen LogP contribution is 2.30. The van der Waals surface area contributed by atoms with Crippen LogP contribution in [0.25, 0.3) is 0 Å². The predicted molar refractivity (Wildman–Crippen MR) is 71.1 cm³/mol. The molecule has 0 spiro atoms. The van der Waals surface area contributed by atoms with Crippen LogP contribution in [0, 0.1) is 0 Å². The van der Waals surface area contributed by atoms with E-state index < -0.39 is 0 Å². The molecule has 0 radical (unpaired) electrons. The molecule has 3 nitrogen and oxygen atoms in total. The molecule has 1 saturated carbocycles. The molecule has 1 aromatic carbocycles. The Balaban J connectivity index is 0.00000144. The molecule has 0 bridgehead atoms. The molecule has 1 aliphatic carbocycles. The van der Waals surface area contributed by atoms with Crippen LogP contribution >= 0.6 is 12.4 Å². The Morgan fingerprint density at radius 2 is 1.94 bits per heavy atom. The number of nitrogens with two attached hydrogens (primary N) is 1. The molecule has 1 fully saturated rings. The molecule has 0 amide bonds. The lowest BCUT2D eigenvalue weighted by Crippen LogP contribution is -2.33.